The molecule has 5 heterocycles. The fourth-order valence-electron chi connectivity index (χ4n) is 12.8. The van der Waals surface area contributed by atoms with Gasteiger partial charge >= 0.3 is 0 Å². The molecule has 0 saturated heterocycles. The van der Waals surface area contributed by atoms with Crippen LogP contribution in [-0.2, 0) is 27.1 Å². The first-order chi connectivity index (χ1) is 34.8. The minimum Gasteiger partial charge on any atom is -0.311 e. The molecule has 10 aromatic rings. The van der Waals surface area contributed by atoms with Crippen LogP contribution in [0.5, 0.6) is 0 Å². The average molecular weight is 967 g/mol. The third kappa shape index (κ3) is 6.73. The molecular formula is C69H71BN4. The summed E-state index contributed by atoms with van der Waals surface area (Å²) < 4.78 is 5.18. The van der Waals surface area contributed by atoms with Crippen molar-refractivity contribution in [2.45, 2.75) is 138 Å². The van der Waals surface area contributed by atoms with E-state index >= 15 is 0 Å². The normalized spacial score (nSPS) is 14.4. The van der Waals surface area contributed by atoms with E-state index in [-0.39, 0.29) is 33.8 Å². The molecule has 8 aromatic carbocycles. The van der Waals surface area contributed by atoms with Crippen molar-refractivity contribution >= 4 is 101 Å². The number of hydrogen-bond acceptors (Lipinski definition) is 2. The lowest BCUT2D eigenvalue weighted by Gasteiger charge is -2.47. The van der Waals surface area contributed by atoms with Crippen molar-refractivity contribution in [3.05, 3.63) is 173 Å². The second kappa shape index (κ2) is 15.1. The zero-order valence-electron chi connectivity index (χ0n) is 46.6. The predicted molar refractivity (Wildman–Crippen MR) is 321 cm³/mol. The molecule has 0 amide bonds. The number of anilines is 6. The summed E-state index contributed by atoms with van der Waals surface area (Å²) in [6.07, 6.45) is 0. The van der Waals surface area contributed by atoms with Gasteiger partial charge in [0.25, 0.3) is 6.71 Å². The molecule has 0 aliphatic carbocycles. The van der Waals surface area contributed by atoms with Gasteiger partial charge in [-0.2, -0.15) is 0 Å². The lowest BCUT2D eigenvalue weighted by Crippen LogP contribution is -2.62. The number of fused-ring (bicyclic) bond motifs is 12. The molecule has 13 rings (SSSR count). The van der Waals surface area contributed by atoms with Crippen molar-refractivity contribution in [2.24, 2.45) is 0 Å². The second-order valence-electron chi connectivity index (χ2n) is 27.3. The lowest BCUT2D eigenvalue weighted by atomic mass is 9.33. The van der Waals surface area contributed by atoms with Gasteiger partial charge in [0.15, 0.2) is 0 Å². The maximum Gasteiger partial charge on any atom is 0.252 e. The highest BCUT2D eigenvalue weighted by atomic mass is 15.2. The topological polar surface area (TPSA) is 16.3 Å². The van der Waals surface area contributed by atoms with Crippen LogP contribution >= 0.6 is 0 Å². The molecule has 5 heteroatoms. The number of hydrogen-bond donors (Lipinski definition) is 0. The quantitative estimate of drug-likeness (QED) is 0.161. The summed E-state index contributed by atoms with van der Waals surface area (Å²) >= 11 is 0. The molecule has 0 bridgehead atoms. The number of aromatic nitrogens is 2. The van der Waals surface area contributed by atoms with Gasteiger partial charge in [0.05, 0.1) is 39.1 Å². The molecule has 0 spiro atoms. The zero-order chi connectivity index (χ0) is 52.1. The minimum absolute atomic E-state index is 0.00699. The molecule has 2 aromatic heterocycles. The van der Waals surface area contributed by atoms with E-state index in [2.05, 4.69) is 269 Å². The summed E-state index contributed by atoms with van der Waals surface area (Å²) in [5.41, 5.74) is 26.7. The van der Waals surface area contributed by atoms with Crippen molar-refractivity contribution in [2.75, 3.05) is 9.80 Å². The van der Waals surface area contributed by atoms with Crippen LogP contribution in [0.2, 0.25) is 0 Å². The van der Waals surface area contributed by atoms with E-state index in [1.54, 1.807) is 0 Å². The summed E-state index contributed by atoms with van der Waals surface area (Å²) in [5, 5.41) is 5.25. The number of benzene rings is 8. The summed E-state index contributed by atoms with van der Waals surface area (Å²) in [7, 11) is 0. The van der Waals surface area contributed by atoms with Gasteiger partial charge < -0.3 is 18.9 Å². The van der Waals surface area contributed by atoms with Gasteiger partial charge in [0, 0.05) is 50.0 Å². The Balaban J connectivity index is 1.15. The highest BCUT2D eigenvalue weighted by molar-refractivity contribution is 7.00. The zero-order valence-corrected chi connectivity index (χ0v) is 46.6. The lowest BCUT2D eigenvalue weighted by molar-refractivity contribution is 0.590. The Morgan fingerprint density at radius 3 is 1.35 bits per heavy atom. The van der Waals surface area contributed by atoms with Gasteiger partial charge in [-0.15, -0.1) is 0 Å². The first kappa shape index (κ1) is 46.8. The number of aryl methyl sites for hydroxylation is 1. The molecule has 370 valence electrons. The van der Waals surface area contributed by atoms with Crippen LogP contribution in [0.25, 0.3) is 55.0 Å². The Morgan fingerprint density at radius 2 is 0.811 bits per heavy atom. The summed E-state index contributed by atoms with van der Waals surface area (Å²) in [6, 6.07) is 55.3. The molecule has 3 aliphatic rings. The molecule has 0 N–H and O–H groups in total. The average Bonchev–Trinajstić information content (AvgIpc) is 3.86. The monoisotopic (exact) mass is 967 g/mol. The summed E-state index contributed by atoms with van der Waals surface area (Å²) in [5.74, 6) is 0. The largest absolute Gasteiger partial charge is 0.311 e. The summed E-state index contributed by atoms with van der Waals surface area (Å²) in [4.78, 5) is 5.28. The minimum atomic E-state index is -0.113. The molecule has 0 saturated carbocycles. The van der Waals surface area contributed by atoms with Crippen LogP contribution in [0.3, 0.4) is 0 Å². The van der Waals surface area contributed by atoms with E-state index in [0.717, 1.165) is 11.4 Å². The highest BCUT2D eigenvalue weighted by Crippen LogP contribution is 2.55. The van der Waals surface area contributed by atoms with Gasteiger partial charge in [0.1, 0.15) is 0 Å². The van der Waals surface area contributed by atoms with Crippen LogP contribution in [0.15, 0.2) is 140 Å². The Bertz CT molecular complexity index is 3980. The number of para-hydroxylation sites is 1. The molecule has 0 atom stereocenters. The third-order valence-electron chi connectivity index (χ3n) is 17.0. The third-order valence-corrected chi connectivity index (χ3v) is 17.0. The maximum absolute atomic E-state index is 2.69. The van der Waals surface area contributed by atoms with Crippen molar-refractivity contribution in [3.63, 3.8) is 0 Å². The number of rotatable bonds is 2. The maximum atomic E-state index is 2.69. The van der Waals surface area contributed by atoms with Gasteiger partial charge in [-0.05, 0) is 175 Å². The Morgan fingerprint density at radius 1 is 0.338 bits per heavy atom. The Hall–Kier alpha value is -6.98. The van der Waals surface area contributed by atoms with E-state index in [0.29, 0.717) is 0 Å². The molecule has 4 nitrogen and oxygen atoms in total. The predicted octanol–water partition coefficient (Wildman–Crippen LogP) is 17.1. The van der Waals surface area contributed by atoms with E-state index in [1.165, 1.54) is 128 Å². The number of nitrogens with zero attached hydrogens (tertiary/aromatic N) is 4. The van der Waals surface area contributed by atoms with Crippen LogP contribution in [-0.4, -0.2) is 15.8 Å². The van der Waals surface area contributed by atoms with Crippen LogP contribution in [0.1, 0.15) is 137 Å². The second-order valence-corrected chi connectivity index (χ2v) is 27.3. The van der Waals surface area contributed by atoms with Crippen molar-refractivity contribution in [1.29, 1.82) is 0 Å². The highest BCUT2D eigenvalue weighted by Gasteiger charge is 2.47. The molecule has 0 radical (unpaired) electrons. The first-order valence-corrected chi connectivity index (χ1v) is 27.1. The van der Waals surface area contributed by atoms with Crippen LogP contribution < -0.4 is 26.2 Å². The smallest absolute Gasteiger partial charge is 0.252 e. The van der Waals surface area contributed by atoms with Gasteiger partial charge in [0.2, 0.25) is 0 Å². The molecule has 3 aliphatic heterocycles. The van der Waals surface area contributed by atoms with Gasteiger partial charge in [-0.25, -0.2) is 0 Å². The summed E-state index contributed by atoms with van der Waals surface area (Å²) in [6.45, 7) is 37.5. The Labute approximate surface area is 439 Å². The van der Waals surface area contributed by atoms with E-state index in [4.69, 9.17) is 0 Å². The van der Waals surface area contributed by atoms with Crippen LogP contribution in [0, 0.1) is 6.92 Å². The standard InChI is InChI=1S/C69H71BN4/c1-40-30-58-62-59(31-40)74-60-37-44(68(11,12)13)35-51-50-34-43(67(8,9)10)24-29-56(50)73(63(51)60)61-38-45(69(14,15)16)36-53(64(61)74)70(62)52-26-25-47(39-57(52)71(58)46-20-18-17-19-21-46)72-54-27-22-41(65(2,3)4)32-48(54)49-33-42(66(5,6)7)23-28-55(49)72/h17-39H,1-16H3. The van der Waals surface area contributed by atoms with Crippen LogP contribution in [0.4, 0.5) is 34.1 Å². The van der Waals surface area contributed by atoms with Crippen molar-refractivity contribution in [1.82, 2.24) is 9.13 Å². The SMILES string of the molecule is Cc1cc2c3c(c1)N1c4c(cc(C(C)(C)C)cc4-n4c5ccc(C(C)(C)C)cc5c5cc(C(C)(C)C)cc1c54)B3c1ccc(-n3c4ccc(C(C)(C)C)cc4c4cc(C(C)(C)C)ccc43)cc1N2c1ccccc1. The fourth-order valence-corrected chi connectivity index (χ4v) is 12.8. The van der Waals surface area contributed by atoms with E-state index in [9.17, 15) is 0 Å². The van der Waals surface area contributed by atoms with Crippen molar-refractivity contribution < 1.29 is 0 Å². The molecule has 0 unspecified atom stereocenters. The van der Waals surface area contributed by atoms with Gasteiger partial charge in [-0.1, -0.05) is 152 Å². The van der Waals surface area contributed by atoms with E-state index < -0.39 is 0 Å². The molecular weight excluding hydrogens is 896 g/mol. The fraction of sp³-hybridized carbons (Fsp3) is 0.304. The van der Waals surface area contributed by atoms with Gasteiger partial charge in [-0.3, -0.25) is 0 Å². The Kier molecular flexibility index (Phi) is 9.54. The van der Waals surface area contributed by atoms with E-state index in [1.807, 2.05) is 0 Å². The first-order valence-electron chi connectivity index (χ1n) is 27.1. The molecule has 0 fully saturated rings. The molecule has 74 heavy (non-hydrogen) atoms. The van der Waals surface area contributed by atoms with Crippen molar-refractivity contribution in [3.8, 4) is 11.4 Å².